The molecule has 154 valence electrons. The van der Waals surface area contributed by atoms with Gasteiger partial charge in [0.1, 0.15) is 0 Å². The van der Waals surface area contributed by atoms with Gasteiger partial charge in [-0.15, -0.1) is 0 Å². The Bertz CT molecular complexity index is 328. The first-order chi connectivity index (χ1) is 12.7. The molecule has 3 heteroatoms. The summed E-state index contributed by atoms with van der Waals surface area (Å²) < 4.78 is 4.92. The molecule has 0 amide bonds. The van der Waals surface area contributed by atoms with Crippen LogP contribution in [-0.2, 0) is 9.53 Å². The van der Waals surface area contributed by atoms with Crippen molar-refractivity contribution in [1.29, 1.82) is 0 Å². The van der Waals surface area contributed by atoms with Crippen molar-refractivity contribution < 1.29 is 9.53 Å². The zero-order chi connectivity index (χ0) is 19.3. The topological polar surface area (TPSA) is 52.3 Å². The van der Waals surface area contributed by atoms with Gasteiger partial charge in [-0.1, -0.05) is 89.7 Å². The molecular weight excluding hydrogens is 322 g/mol. The minimum Gasteiger partial charge on any atom is -0.447 e. The minimum absolute atomic E-state index is 0.283. The SMILES string of the molecule is CCCCCCCC/C=C\CCCCCCCCCCC(N)OC(C)=O. The summed E-state index contributed by atoms with van der Waals surface area (Å²) in [6.45, 7) is 3.68. The summed E-state index contributed by atoms with van der Waals surface area (Å²) in [4.78, 5) is 10.7. The number of unbranched alkanes of at least 4 members (excludes halogenated alkanes) is 14. The maximum absolute atomic E-state index is 10.7. The monoisotopic (exact) mass is 367 g/mol. The Labute approximate surface area is 163 Å². The molecule has 0 fully saturated rings. The molecule has 1 atom stereocenters. The molecule has 0 aromatic heterocycles. The lowest BCUT2D eigenvalue weighted by atomic mass is 10.1. The van der Waals surface area contributed by atoms with Crippen LogP contribution < -0.4 is 5.73 Å². The second kappa shape index (κ2) is 20.5. The van der Waals surface area contributed by atoms with E-state index in [1.54, 1.807) is 0 Å². The average molecular weight is 368 g/mol. The first-order valence-corrected chi connectivity index (χ1v) is 11.2. The summed E-state index contributed by atoms with van der Waals surface area (Å²) >= 11 is 0. The summed E-state index contributed by atoms with van der Waals surface area (Å²) in [6.07, 6.45) is 26.2. The van der Waals surface area contributed by atoms with Crippen LogP contribution in [0.1, 0.15) is 123 Å². The molecule has 0 spiro atoms. The highest BCUT2D eigenvalue weighted by molar-refractivity contribution is 5.66. The summed E-state index contributed by atoms with van der Waals surface area (Å²) in [5.41, 5.74) is 5.70. The van der Waals surface area contributed by atoms with Crippen molar-refractivity contribution in [2.24, 2.45) is 5.73 Å². The molecule has 0 saturated heterocycles. The third-order valence-electron chi connectivity index (χ3n) is 4.82. The van der Waals surface area contributed by atoms with Gasteiger partial charge in [-0.25, -0.2) is 0 Å². The summed E-state index contributed by atoms with van der Waals surface area (Å²) in [6, 6.07) is 0. The molecule has 0 saturated carbocycles. The number of allylic oxidation sites excluding steroid dienone is 2. The van der Waals surface area contributed by atoms with E-state index in [0.29, 0.717) is 0 Å². The Kier molecular flexibility index (Phi) is 19.8. The van der Waals surface area contributed by atoms with Crippen LogP contribution in [0.5, 0.6) is 0 Å². The van der Waals surface area contributed by atoms with Crippen molar-refractivity contribution in [3.8, 4) is 0 Å². The molecule has 26 heavy (non-hydrogen) atoms. The van der Waals surface area contributed by atoms with Crippen LogP contribution >= 0.6 is 0 Å². The van der Waals surface area contributed by atoms with Gasteiger partial charge in [0.05, 0.1) is 0 Å². The van der Waals surface area contributed by atoms with Crippen LogP contribution in [0.25, 0.3) is 0 Å². The maximum atomic E-state index is 10.7. The van der Waals surface area contributed by atoms with Crippen LogP contribution in [0.3, 0.4) is 0 Å². The largest absolute Gasteiger partial charge is 0.447 e. The number of rotatable bonds is 19. The van der Waals surface area contributed by atoms with E-state index >= 15 is 0 Å². The summed E-state index contributed by atoms with van der Waals surface area (Å²) in [5.74, 6) is -0.283. The Morgan fingerprint density at radius 3 is 1.65 bits per heavy atom. The Hall–Kier alpha value is -0.830. The van der Waals surface area contributed by atoms with Crippen molar-refractivity contribution >= 4 is 5.97 Å². The fourth-order valence-electron chi connectivity index (χ4n) is 3.22. The second-order valence-corrected chi connectivity index (χ2v) is 7.58. The van der Waals surface area contributed by atoms with Gasteiger partial charge in [-0.2, -0.15) is 0 Å². The van der Waals surface area contributed by atoms with Crippen LogP contribution in [0, 0.1) is 0 Å². The van der Waals surface area contributed by atoms with E-state index in [1.165, 1.54) is 103 Å². The number of hydrogen-bond acceptors (Lipinski definition) is 3. The Balaban J connectivity index is 3.15. The van der Waals surface area contributed by atoms with E-state index in [2.05, 4.69) is 19.1 Å². The molecule has 0 bridgehead atoms. The van der Waals surface area contributed by atoms with Crippen molar-refractivity contribution in [3.63, 3.8) is 0 Å². The number of esters is 1. The third kappa shape index (κ3) is 21.2. The van der Waals surface area contributed by atoms with Crippen molar-refractivity contribution in [1.82, 2.24) is 0 Å². The van der Waals surface area contributed by atoms with E-state index in [0.717, 1.165) is 12.8 Å². The van der Waals surface area contributed by atoms with Gasteiger partial charge < -0.3 is 4.74 Å². The number of carbonyl (C=O) groups is 1. The quantitative estimate of drug-likeness (QED) is 0.115. The lowest BCUT2D eigenvalue weighted by Crippen LogP contribution is -2.25. The molecule has 0 rings (SSSR count). The predicted octanol–water partition coefficient (Wildman–Crippen LogP) is 7.04. The van der Waals surface area contributed by atoms with Crippen LogP contribution in [0.4, 0.5) is 0 Å². The number of hydrogen-bond donors (Lipinski definition) is 1. The molecule has 0 aliphatic rings. The van der Waals surface area contributed by atoms with Crippen LogP contribution in [-0.4, -0.2) is 12.2 Å². The fourth-order valence-corrected chi connectivity index (χ4v) is 3.22. The molecular formula is C23H45NO2. The molecule has 1 unspecified atom stereocenters. The first kappa shape index (κ1) is 25.2. The minimum atomic E-state index is -0.415. The summed E-state index contributed by atoms with van der Waals surface area (Å²) in [7, 11) is 0. The zero-order valence-corrected chi connectivity index (χ0v) is 17.6. The van der Waals surface area contributed by atoms with Gasteiger partial charge in [0.15, 0.2) is 6.23 Å². The van der Waals surface area contributed by atoms with Crippen LogP contribution in [0.2, 0.25) is 0 Å². The molecule has 0 aromatic carbocycles. The van der Waals surface area contributed by atoms with E-state index in [1.807, 2.05) is 0 Å². The lowest BCUT2D eigenvalue weighted by molar-refractivity contribution is -0.146. The maximum Gasteiger partial charge on any atom is 0.304 e. The molecule has 0 heterocycles. The predicted molar refractivity (Wildman–Crippen MR) is 113 cm³/mol. The van der Waals surface area contributed by atoms with E-state index in [4.69, 9.17) is 10.5 Å². The third-order valence-corrected chi connectivity index (χ3v) is 4.82. The number of carbonyl (C=O) groups excluding carboxylic acids is 1. The van der Waals surface area contributed by atoms with Crippen LogP contribution in [0.15, 0.2) is 12.2 Å². The zero-order valence-electron chi connectivity index (χ0n) is 17.6. The number of nitrogens with two attached hydrogens (primary N) is 1. The van der Waals surface area contributed by atoms with Gasteiger partial charge in [-0.3, -0.25) is 10.5 Å². The lowest BCUT2D eigenvalue weighted by Gasteiger charge is -2.10. The highest BCUT2D eigenvalue weighted by atomic mass is 16.5. The van der Waals surface area contributed by atoms with Gasteiger partial charge in [0.2, 0.25) is 0 Å². The van der Waals surface area contributed by atoms with Gasteiger partial charge in [-0.05, 0) is 38.5 Å². The van der Waals surface area contributed by atoms with E-state index in [9.17, 15) is 4.79 Å². The van der Waals surface area contributed by atoms with Gasteiger partial charge >= 0.3 is 5.97 Å². The molecule has 0 aromatic rings. The first-order valence-electron chi connectivity index (χ1n) is 11.2. The van der Waals surface area contributed by atoms with Gasteiger partial charge in [0, 0.05) is 6.92 Å². The highest BCUT2D eigenvalue weighted by Crippen LogP contribution is 2.12. The highest BCUT2D eigenvalue weighted by Gasteiger charge is 2.04. The Morgan fingerprint density at radius 2 is 1.19 bits per heavy atom. The molecule has 0 aliphatic carbocycles. The van der Waals surface area contributed by atoms with Crippen molar-refractivity contribution in [2.45, 2.75) is 129 Å². The molecule has 0 aliphatic heterocycles. The fraction of sp³-hybridized carbons (Fsp3) is 0.870. The molecule has 0 radical (unpaired) electrons. The smallest absolute Gasteiger partial charge is 0.304 e. The van der Waals surface area contributed by atoms with Gasteiger partial charge in [0.25, 0.3) is 0 Å². The molecule has 3 nitrogen and oxygen atoms in total. The van der Waals surface area contributed by atoms with E-state index < -0.39 is 6.23 Å². The normalized spacial score (nSPS) is 12.6. The Morgan fingerprint density at radius 1 is 0.769 bits per heavy atom. The average Bonchev–Trinajstić information content (AvgIpc) is 2.60. The van der Waals surface area contributed by atoms with E-state index in [-0.39, 0.29) is 5.97 Å². The second-order valence-electron chi connectivity index (χ2n) is 7.58. The van der Waals surface area contributed by atoms with Crippen molar-refractivity contribution in [3.05, 3.63) is 12.2 Å². The number of ether oxygens (including phenoxy) is 1. The summed E-state index contributed by atoms with van der Waals surface area (Å²) in [5, 5.41) is 0. The standard InChI is InChI=1S/C23H45NO2/c1-3-4-5-6-7-8-9-10-11-12-13-14-15-16-17-18-19-20-21-23(24)26-22(2)25/h10-11,23H,3-9,12-21,24H2,1-2H3/b11-10-. The van der Waals surface area contributed by atoms with Crippen molar-refractivity contribution in [2.75, 3.05) is 0 Å². The molecule has 2 N–H and O–H groups in total.